The van der Waals surface area contributed by atoms with Crippen molar-refractivity contribution in [1.29, 1.82) is 0 Å². The van der Waals surface area contributed by atoms with E-state index in [1.165, 1.54) is 33.3 Å². The van der Waals surface area contributed by atoms with Gasteiger partial charge in [-0.1, -0.05) is 66.2 Å². The van der Waals surface area contributed by atoms with E-state index in [-0.39, 0.29) is 0 Å². The first-order chi connectivity index (χ1) is 17.0. The minimum Gasteiger partial charge on any atom is -0.368 e. The molecule has 0 aliphatic heterocycles. The topological polar surface area (TPSA) is 54.8 Å². The van der Waals surface area contributed by atoms with Crippen LogP contribution in [0.1, 0.15) is 28.1 Å². The minimum absolute atomic E-state index is 0.767. The quantitative estimate of drug-likeness (QED) is 0.275. The van der Waals surface area contributed by atoms with Crippen LogP contribution in [-0.4, -0.2) is 34.2 Å². The highest BCUT2D eigenvalue weighted by molar-refractivity contribution is 6.13. The van der Waals surface area contributed by atoms with E-state index in [1.807, 2.05) is 6.92 Å². The average molecular weight is 464 g/mol. The van der Waals surface area contributed by atoms with Gasteiger partial charge in [-0.25, -0.2) is 9.97 Å². The Bertz CT molecular complexity index is 1460. The molecule has 5 nitrogen and oxygen atoms in total. The van der Waals surface area contributed by atoms with E-state index in [1.54, 1.807) is 0 Å². The van der Waals surface area contributed by atoms with Crippen LogP contribution in [0.25, 0.3) is 27.6 Å². The SMILES string of the molecule is Cc1cc(C)c(-n2c3ccccc3c3c(NCCNCCc4ccccc4)nc(C)nc32)c(C)c1. The largest absolute Gasteiger partial charge is 0.368 e. The lowest BCUT2D eigenvalue weighted by molar-refractivity contribution is 0.698. The van der Waals surface area contributed by atoms with Gasteiger partial charge in [-0.15, -0.1) is 0 Å². The summed E-state index contributed by atoms with van der Waals surface area (Å²) in [5.74, 6) is 1.67. The summed E-state index contributed by atoms with van der Waals surface area (Å²) in [5, 5.41) is 9.39. The second-order valence-electron chi connectivity index (χ2n) is 9.33. The standard InChI is InChI=1S/C30H33N5/c1-20-18-21(2)28(22(3)19-20)35-26-13-9-8-12-25(26)27-29(33-23(4)34-30(27)35)32-17-16-31-15-14-24-10-6-5-7-11-24/h5-13,18-19,31H,14-17H2,1-4H3,(H,32,33,34). The Balaban J connectivity index is 1.46. The summed E-state index contributed by atoms with van der Waals surface area (Å²) in [4.78, 5) is 9.76. The van der Waals surface area contributed by atoms with Crippen LogP contribution in [0.3, 0.4) is 0 Å². The van der Waals surface area contributed by atoms with Crippen LogP contribution in [0.15, 0.2) is 66.7 Å². The number of aromatic nitrogens is 3. The fraction of sp³-hybridized carbons (Fsp3) is 0.267. The Hall–Kier alpha value is -3.70. The molecule has 0 atom stereocenters. The van der Waals surface area contributed by atoms with Crippen LogP contribution in [0.2, 0.25) is 0 Å². The van der Waals surface area contributed by atoms with Crippen LogP contribution in [0.4, 0.5) is 5.82 Å². The Labute approximate surface area is 207 Å². The maximum atomic E-state index is 4.94. The van der Waals surface area contributed by atoms with E-state index in [2.05, 4.69) is 103 Å². The van der Waals surface area contributed by atoms with Gasteiger partial charge in [-0.05, 0) is 63.4 Å². The molecule has 178 valence electrons. The molecular weight excluding hydrogens is 430 g/mol. The molecule has 0 aliphatic carbocycles. The van der Waals surface area contributed by atoms with E-state index in [4.69, 9.17) is 9.97 Å². The van der Waals surface area contributed by atoms with Gasteiger partial charge in [-0.2, -0.15) is 0 Å². The van der Waals surface area contributed by atoms with Gasteiger partial charge in [0.05, 0.1) is 16.6 Å². The molecule has 2 aromatic heterocycles. The summed E-state index contributed by atoms with van der Waals surface area (Å²) in [6.45, 7) is 11.1. The number of nitrogens with one attached hydrogen (secondary N) is 2. The molecule has 2 N–H and O–H groups in total. The first-order valence-electron chi connectivity index (χ1n) is 12.4. The molecule has 5 aromatic rings. The summed E-state index contributed by atoms with van der Waals surface area (Å²) in [6.07, 6.45) is 1.03. The Morgan fingerprint density at radius 1 is 0.771 bits per heavy atom. The Morgan fingerprint density at radius 2 is 1.49 bits per heavy atom. The molecule has 0 saturated heterocycles. The number of rotatable bonds is 8. The molecule has 5 heteroatoms. The zero-order valence-corrected chi connectivity index (χ0v) is 21.0. The van der Waals surface area contributed by atoms with Crippen LogP contribution in [0.5, 0.6) is 0 Å². The fourth-order valence-corrected chi connectivity index (χ4v) is 5.11. The van der Waals surface area contributed by atoms with E-state index < -0.39 is 0 Å². The number of para-hydroxylation sites is 1. The van der Waals surface area contributed by atoms with Gasteiger partial charge in [0.25, 0.3) is 0 Å². The smallest absolute Gasteiger partial charge is 0.151 e. The van der Waals surface area contributed by atoms with E-state index in [9.17, 15) is 0 Å². The van der Waals surface area contributed by atoms with E-state index in [0.29, 0.717) is 0 Å². The summed E-state index contributed by atoms with van der Waals surface area (Å²) in [7, 11) is 0. The van der Waals surface area contributed by atoms with Crippen molar-refractivity contribution in [3.05, 3.63) is 94.8 Å². The third-order valence-corrected chi connectivity index (χ3v) is 6.51. The minimum atomic E-state index is 0.767. The van der Waals surface area contributed by atoms with Crippen molar-refractivity contribution in [1.82, 2.24) is 19.9 Å². The number of fused-ring (bicyclic) bond motifs is 3. The zero-order valence-electron chi connectivity index (χ0n) is 21.0. The number of anilines is 1. The summed E-state index contributed by atoms with van der Waals surface area (Å²) in [5.41, 5.74) is 8.44. The van der Waals surface area contributed by atoms with Crippen molar-refractivity contribution in [2.45, 2.75) is 34.1 Å². The number of hydrogen-bond donors (Lipinski definition) is 2. The predicted octanol–water partition coefficient (Wildman–Crippen LogP) is 6.05. The first kappa shape index (κ1) is 23.1. The highest BCUT2D eigenvalue weighted by Gasteiger charge is 2.20. The second kappa shape index (κ2) is 9.88. The summed E-state index contributed by atoms with van der Waals surface area (Å²) < 4.78 is 2.31. The van der Waals surface area contributed by atoms with Crippen molar-refractivity contribution >= 4 is 27.8 Å². The fourth-order valence-electron chi connectivity index (χ4n) is 5.11. The van der Waals surface area contributed by atoms with Crippen LogP contribution >= 0.6 is 0 Å². The highest BCUT2D eigenvalue weighted by Crippen LogP contribution is 2.36. The molecular formula is C30H33N5. The van der Waals surface area contributed by atoms with Gasteiger partial charge in [0.2, 0.25) is 0 Å². The maximum absolute atomic E-state index is 4.94. The van der Waals surface area contributed by atoms with Gasteiger partial charge < -0.3 is 10.6 Å². The van der Waals surface area contributed by atoms with E-state index >= 15 is 0 Å². The average Bonchev–Trinajstić information content (AvgIpc) is 3.15. The molecule has 0 bridgehead atoms. The van der Waals surface area contributed by atoms with Crippen LogP contribution < -0.4 is 10.6 Å². The molecule has 0 aliphatic rings. The van der Waals surface area contributed by atoms with Crippen molar-refractivity contribution in [3.63, 3.8) is 0 Å². The lowest BCUT2D eigenvalue weighted by atomic mass is 10.0. The normalized spacial score (nSPS) is 11.4. The van der Waals surface area contributed by atoms with Crippen LogP contribution in [0, 0.1) is 27.7 Å². The molecule has 0 amide bonds. The summed E-state index contributed by atoms with van der Waals surface area (Å²) in [6, 6.07) is 23.6. The molecule has 0 spiro atoms. The monoisotopic (exact) mass is 463 g/mol. The second-order valence-corrected chi connectivity index (χ2v) is 9.33. The molecule has 2 heterocycles. The summed E-state index contributed by atoms with van der Waals surface area (Å²) >= 11 is 0. The lowest BCUT2D eigenvalue weighted by Crippen LogP contribution is -2.24. The zero-order chi connectivity index (χ0) is 24.4. The molecule has 0 radical (unpaired) electrons. The molecule has 3 aromatic carbocycles. The molecule has 0 unspecified atom stereocenters. The molecule has 0 saturated carbocycles. The highest BCUT2D eigenvalue weighted by atomic mass is 15.1. The molecule has 5 rings (SSSR count). The van der Waals surface area contributed by atoms with Crippen molar-refractivity contribution < 1.29 is 0 Å². The van der Waals surface area contributed by atoms with Crippen molar-refractivity contribution in [3.8, 4) is 5.69 Å². The third kappa shape index (κ3) is 4.64. The maximum Gasteiger partial charge on any atom is 0.151 e. The number of aryl methyl sites for hydroxylation is 4. The van der Waals surface area contributed by atoms with Gasteiger partial charge in [0, 0.05) is 18.5 Å². The van der Waals surface area contributed by atoms with Gasteiger partial charge >= 0.3 is 0 Å². The van der Waals surface area contributed by atoms with Crippen molar-refractivity contribution in [2.24, 2.45) is 0 Å². The van der Waals surface area contributed by atoms with Gasteiger partial charge in [0.15, 0.2) is 5.65 Å². The first-order valence-corrected chi connectivity index (χ1v) is 12.4. The lowest BCUT2D eigenvalue weighted by Gasteiger charge is -2.15. The molecule has 0 fully saturated rings. The van der Waals surface area contributed by atoms with Gasteiger partial charge in [-0.3, -0.25) is 4.57 Å². The molecule has 35 heavy (non-hydrogen) atoms. The Kier molecular flexibility index (Phi) is 6.51. The van der Waals surface area contributed by atoms with Crippen LogP contribution in [-0.2, 0) is 6.42 Å². The number of hydrogen-bond acceptors (Lipinski definition) is 4. The van der Waals surface area contributed by atoms with E-state index in [0.717, 1.165) is 54.2 Å². The third-order valence-electron chi connectivity index (χ3n) is 6.51. The number of nitrogens with zero attached hydrogens (tertiary/aromatic N) is 3. The Morgan fingerprint density at radius 3 is 2.26 bits per heavy atom. The number of benzene rings is 3. The van der Waals surface area contributed by atoms with Gasteiger partial charge in [0.1, 0.15) is 11.6 Å². The van der Waals surface area contributed by atoms with Crippen molar-refractivity contribution in [2.75, 3.05) is 25.0 Å². The predicted molar refractivity (Wildman–Crippen MR) is 147 cm³/mol.